The molecule has 0 saturated heterocycles. The van der Waals surface area contributed by atoms with Gasteiger partial charge in [-0.25, -0.2) is 14.2 Å². The van der Waals surface area contributed by atoms with E-state index in [1.165, 1.54) is 13.2 Å². The monoisotopic (exact) mass is 796 g/mol. The Hall–Kier alpha value is -5.96. The van der Waals surface area contributed by atoms with E-state index in [2.05, 4.69) is 21.3 Å². The number of methoxy groups -OCH3 is 1. The van der Waals surface area contributed by atoms with Crippen LogP contribution in [0.3, 0.4) is 0 Å². The Balaban J connectivity index is 1.17. The molecule has 15 heteroatoms. The van der Waals surface area contributed by atoms with E-state index in [0.717, 1.165) is 28.4 Å². The summed E-state index contributed by atoms with van der Waals surface area (Å²) in [5.41, 5.74) is 6.01. The van der Waals surface area contributed by atoms with Crippen molar-refractivity contribution < 1.29 is 37.8 Å². The molecule has 4 N–H and O–H groups in total. The minimum absolute atomic E-state index is 0.0279. The number of ether oxygens (including phenoxy) is 2. The van der Waals surface area contributed by atoms with E-state index in [1.54, 1.807) is 56.5 Å². The fourth-order valence-corrected chi connectivity index (χ4v) is 7.83. The number of hydrogen-bond donors (Lipinski definition) is 4. The summed E-state index contributed by atoms with van der Waals surface area (Å²) in [6, 6.07) is 8.58. The van der Waals surface area contributed by atoms with E-state index in [-0.39, 0.29) is 50.1 Å². The molecular weight excluding hydrogens is 748 g/mol. The number of nitrogens with zero attached hydrogens (tertiary/aromatic N) is 2. The van der Waals surface area contributed by atoms with Crippen LogP contribution in [-0.4, -0.2) is 59.3 Å². The third kappa shape index (κ3) is 8.35. The molecule has 14 nitrogen and oxygen atoms in total. The van der Waals surface area contributed by atoms with Crippen LogP contribution in [0.1, 0.15) is 97.9 Å². The first-order valence-electron chi connectivity index (χ1n) is 19.5. The van der Waals surface area contributed by atoms with Crippen LogP contribution in [0.2, 0.25) is 0 Å². The number of amides is 4. The Morgan fingerprint density at radius 3 is 2.45 bits per heavy atom. The summed E-state index contributed by atoms with van der Waals surface area (Å²) in [6.45, 7) is 8.72. The first-order valence-corrected chi connectivity index (χ1v) is 19.5. The summed E-state index contributed by atoms with van der Waals surface area (Å²) in [5.74, 6) is -2.26. The summed E-state index contributed by atoms with van der Waals surface area (Å²) in [7, 11) is 1.49. The van der Waals surface area contributed by atoms with Gasteiger partial charge in [-0.05, 0) is 78.1 Å². The lowest BCUT2D eigenvalue weighted by Gasteiger charge is -2.29. The number of benzene rings is 2. The maximum atomic E-state index is 15.3. The van der Waals surface area contributed by atoms with Crippen LogP contribution in [-0.2, 0) is 54.8 Å². The van der Waals surface area contributed by atoms with Crippen molar-refractivity contribution in [2.75, 3.05) is 19.0 Å². The second-order valence-corrected chi connectivity index (χ2v) is 15.1. The zero-order valence-electron chi connectivity index (χ0n) is 33.5. The number of alkyl carbamates (subject to hydrolysis) is 1. The number of aldehydes is 1. The summed E-state index contributed by atoms with van der Waals surface area (Å²) < 4.78 is 27.9. The van der Waals surface area contributed by atoms with Crippen molar-refractivity contribution in [3.8, 4) is 11.4 Å². The molecule has 58 heavy (non-hydrogen) atoms. The molecule has 0 bridgehead atoms. The maximum Gasteiger partial charge on any atom is 0.407 e. The molecule has 2 aromatic carbocycles. The average molecular weight is 797 g/mol. The van der Waals surface area contributed by atoms with Gasteiger partial charge in [0.2, 0.25) is 17.7 Å². The van der Waals surface area contributed by atoms with Crippen molar-refractivity contribution in [2.45, 2.75) is 98.1 Å². The topological polar surface area (TPSA) is 187 Å². The molecule has 3 heterocycles. The molecule has 2 aliphatic rings. The standard InChI is InChI=1S/C43H49FN6O8/c1-7-25(19-51)28-15-34-40-29(18-50(34)42(55)30(28)21-57-6)38-32(14-13-27-23(5)31(44)16-33(47-40)37(27)38)48-43(56)58-20-24-9-11-26(12-10-24)46-36(53)17-45-41(54)39(22(3)4)49-35(52)8-2/h9-12,15-16,19,22,25,32,39H,7-8,13-14,17-18,20-21H2,1-6H3,(H,45,54)(H,46,53)(H,48,56)(H,49,52). The zero-order valence-corrected chi connectivity index (χ0v) is 33.5. The third-order valence-electron chi connectivity index (χ3n) is 11.0. The Morgan fingerprint density at radius 1 is 1.05 bits per heavy atom. The lowest BCUT2D eigenvalue weighted by Crippen LogP contribution is -2.50. The summed E-state index contributed by atoms with van der Waals surface area (Å²) in [4.78, 5) is 81.4. The van der Waals surface area contributed by atoms with Gasteiger partial charge in [-0.15, -0.1) is 0 Å². The van der Waals surface area contributed by atoms with Crippen LogP contribution in [0.25, 0.3) is 22.3 Å². The Morgan fingerprint density at radius 2 is 1.79 bits per heavy atom. The van der Waals surface area contributed by atoms with Gasteiger partial charge in [0.15, 0.2) is 0 Å². The molecule has 306 valence electrons. The van der Waals surface area contributed by atoms with Crippen LogP contribution >= 0.6 is 0 Å². The summed E-state index contributed by atoms with van der Waals surface area (Å²) in [6.07, 6.45) is 1.80. The molecule has 4 aromatic rings. The SMILES string of the molecule is CCC(=O)NC(C(=O)NCC(=O)Nc1ccc(COC(=O)NC2CCc3c(C)c(F)cc4nc5c(c2c34)Cn2c-5cc(C(C=O)CC)c(COC)c2=O)cc1)C(C)C. The van der Waals surface area contributed by atoms with Crippen molar-refractivity contribution >= 4 is 46.7 Å². The van der Waals surface area contributed by atoms with Gasteiger partial charge in [0, 0.05) is 47.7 Å². The van der Waals surface area contributed by atoms with Crippen LogP contribution in [0.5, 0.6) is 0 Å². The van der Waals surface area contributed by atoms with Crippen molar-refractivity contribution in [3.63, 3.8) is 0 Å². The van der Waals surface area contributed by atoms with Crippen molar-refractivity contribution in [1.29, 1.82) is 0 Å². The lowest BCUT2D eigenvalue weighted by atomic mass is 9.82. The van der Waals surface area contributed by atoms with E-state index in [9.17, 15) is 28.8 Å². The summed E-state index contributed by atoms with van der Waals surface area (Å²) >= 11 is 0. The molecule has 0 radical (unpaired) electrons. The van der Waals surface area contributed by atoms with E-state index < -0.39 is 41.7 Å². The van der Waals surface area contributed by atoms with Gasteiger partial charge in [0.25, 0.3) is 5.56 Å². The predicted molar refractivity (Wildman–Crippen MR) is 215 cm³/mol. The number of aromatic nitrogens is 2. The number of carbonyl (C=O) groups is 5. The van der Waals surface area contributed by atoms with Gasteiger partial charge in [-0.2, -0.15) is 0 Å². The first kappa shape index (κ1) is 41.7. The average Bonchev–Trinajstić information content (AvgIpc) is 3.58. The van der Waals surface area contributed by atoms with Gasteiger partial charge in [-0.3, -0.25) is 19.2 Å². The van der Waals surface area contributed by atoms with Gasteiger partial charge in [0.1, 0.15) is 24.8 Å². The second kappa shape index (κ2) is 17.7. The number of nitrogens with one attached hydrogen (secondary N) is 4. The summed E-state index contributed by atoms with van der Waals surface area (Å²) in [5, 5.41) is 11.7. The molecule has 0 fully saturated rings. The molecular formula is C43H49FN6O8. The Labute approximate surface area is 335 Å². The molecule has 1 aliphatic carbocycles. The molecule has 0 saturated carbocycles. The van der Waals surface area contributed by atoms with Gasteiger partial charge in [0.05, 0.1) is 42.6 Å². The van der Waals surface area contributed by atoms with Crippen molar-refractivity contribution in [1.82, 2.24) is 25.5 Å². The lowest BCUT2D eigenvalue weighted by molar-refractivity contribution is -0.130. The number of halogens is 1. The number of carbonyl (C=O) groups excluding carboxylic acids is 5. The highest BCUT2D eigenvalue weighted by Gasteiger charge is 2.36. The largest absolute Gasteiger partial charge is 0.445 e. The molecule has 2 aromatic heterocycles. The van der Waals surface area contributed by atoms with Crippen molar-refractivity contribution in [3.05, 3.63) is 91.5 Å². The number of fused-ring (bicyclic) bond motifs is 4. The quantitative estimate of drug-likeness (QED) is 0.103. The normalized spacial score (nSPS) is 14.9. The highest BCUT2D eigenvalue weighted by atomic mass is 19.1. The van der Waals surface area contributed by atoms with Gasteiger partial charge in [-0.1, -0.05) is 39.8 Å². The van der Waals surface area contributed by atoms with Gasteiger partial charge < -0.3 is 40.1 Å². The molecule has 4 amide bonds. The molecule has 0 spiro atoms. The van der Waals surface area contributed by atoms with Crippen LogP contribution < -0.4 is 26.8 Å². The number of aryl methyl sites for hydroxylation is 1. The molecule has 3 unspecified atom stereocenters. The maximum absolute atomic E-state index is 15.3. The Bertz CT molecular complexity index is 2340. The fraction of sp³-hybridized carbons (Fsp3) is 0.419. The van der Waals surface area contributed by atoms with E-state index in [0.29, 0.717) is 64.1 Å². The second-order valence-electron chi connectivity index (χ2n) is 15.1. The van der Waals surface area contributed by atoms with Gasteiger partial charge >= 0.3 is 6.09 Å². The van der Waals surface area contributed by atoms with Crippen LogP contribution in [0.4, 0.5) is 14.9 Å². The van der Waals surface area contributed by atoms with E-state index in [1.807, 2.05) is 13.0 Å². The van der Waals surface area contributed by atoms with Crippen molar-refractivity contribution in [2.24, 2.45) is 5.92 Å². The molecule has 6 rings (SSSR count). The minimum atomic E-state index is -0.763. The number of hydrogen-bond acceptors (Lipinski definition) is 9. The van der Waals surface area contributed by atoms with E-state index >= 15 is 4.39 Å². The number of rotatable bonds is 15. The third-order valence-corrected chi connectivity index (χ3v) is 11.0. The minimum Gasteiger partial charge on any atom is -0.445 e. The van der Waals surface area contributed by atoms with E-state index in [4.69, 9.17) is 14.5 Å². The van der Waals surface area contributed by atoms with Crippen LogP contribution in [0, 0.1) is 18.7 Å². The smallest absolute Gasteiger partial charge is 0.407 e. The van der Waals surface area contributed by atoms with Crippen LogP contribution in [0.15, 0.2) is 41.2 Å². The molecule has 1 aliphatic heterocycles. The molecule has 3 atom stereocenters. The fourth-order valence-electron chi connectivity index (χ4n) is 7.83. The Kier molecular flexibility index (Phi) is 12.7. The number of pyridine rings is 2. The zero-order chi connectivity index (χ0) is 41.8. The first-order chi connectivity index (χ1) is 27.8. The number of anilines is 1. The highest BCUT2D eigenvalue weighted by molar-refractivity contribution is 5.96. The highest BCUT2D eigenvalue weighted by Crippen LogP contribution is 2.45. The predicted octanol–water partition coefficient (Wildman–Crippen LogP) is 5.23.